The summed E-state index contributed by atoms with van der Waals surface area (Å²) in [6.07, 6.45) is 4.54. The van der Waals surface area contributed by atoms with Crippen molar-refractivity contribution in [2.75, 3.05) is 4.72 Å². The van der Waals surface area contributed by atoms with Gasteiger partial charge in [-0.1, -0.05) is 0 Å². The second kappa shape index (κ2) is 5.92. The number of nitrogens with one attached hydrogen (secondary N) is 2. The highest BCUT2D eigenvalue weighted by Gasteiger charge is 2.28. The highest BCUT2D eigenvalue weighted by molar-refractivity contribution is 7.92. The van der Waals surface area contributed by atoms with E-state index in [1.165, 1.54) is 23.6 Å². The number of hydrogen-bond donors (Lipinski definition) is 2. The number of H-pyrrole nitrogens is 1. The molecule has 1 aliphatic rings. The van der Waals surface area contributed by atoms with Crippen LogP contribution in [0.5, 0.6) is 0 Å². The van der Waals surface area contributed by atoms with Gasteiger partial charge in [0.25, 0.3) is 10.0 Å². The van der Waals surface area contributed by atoms with Gasteiger partial charge in [0.1, 0.15) is 21.5 Å². The number of thiazole rings is 1. The van der Waals surface area contributed by atoms with E-state index in [9.17, 15) is 17.2 Å². The molecule has 0 aliphatic heterocycles. The monoisotopic (exact) mass is 381 g/mol. The molecular formula is C16H13F2N3O2S2. The van der Waals surface area contributed by atoms with Gasteiger partial charge in [0, 0.05) is 23.8 Å². The van der Waals surface area contributed by atoms with Gasteiger partial charge in [-0.25, -0.2) is 22.2 Å². The first-order valence-electron chi connectivity index (χ1n) is 7.54. The number of aromatic nitrogens is 2. The van der Waals surface area contributed by atoms with Crippen LogP contribution in [0, 0.1) is 11.6 Å². The van der Waals surface area contributed by atoms with Crippen LogP contribution in [-0.4, -0.2) is 18.4 Å². The average Bonchev–Trinajstić information content (AvgIpc) is 3.05. The second-order valence-electron chi connectivity index (χ2n) is 5.82. The largest absolute Gasteiger partial charge is 0.358 e. The molecular weight excluding hydrogens is 368 g/mol. The molecule has 0 amide bonds. The quantitative estimate of drug-likeness (QED) is 0.699. The summed E-state index contributed by atoms with van der Waals surface area (Å²) in [5.74, 6) is -1.35. The fourth-order valence-corrected chi connectivity index (χ4v) is 4.23. The molecule has 0 bridgehead atoms. The molecule has 2 aromatic heterocycles. The van der Waals surface area contributed by atoms with Crippen molar-refractivity contribution < 1.29 is 17.2 Å². The Balaban J connectivity index is 1.62. The topological polar surface area (TPSA) is 74.8 Å². The van der Waals surface area contributed by atoms with E-state index >= 15 is 0 Å². The standard InChI is InChI=1S/C16H13F2N3O2S2/c17-12-7-14(13(18)6-11(12)9-1-2-9)21-25(22,23)10-5-15(20-8-10)16-19-3-4-24-16/h3-9,20-21H,1-2H2. The van der Waals surface area contributed by atoms with Gasteiger partial charge < -0.3 is 4.98 Å². The lowest BCUT2D eigenvalue weighted by atomic mass is 10.1. The fourth-order valence-electron chi connectivity index (χ4n) is 2.56. The summed E-state index contributed by atoms with van der Waals surface area (Å²) < 4.78 is 55.2. The normalized spacial score (nSPS) is 14.6. The van der Waals surface area contributed by atoms with Crippen molar-refractivity contribution in [1.29, 1.82) is 0 Å². The first kappa shape index (κ1) is 16.2. The molecule has 0 atom stereocenters. The zero-order valence-electron chi connectivity index (χ0n) is 12.8. The van der Waals surface area contributed by atoms with Crippen LogP contribution in [0.25, 0.3) is 10.7 Å². The molecule has 9 heteroatoms. The minimum absolute atomic E-state index is 0.0330. The molecule has 130 valence electrons. The summed E-state index contributed by atoms with van der Waals surface area (Å²) in [4.78, 5) is 6.83. The molecule has 1 fully saturated rings. The maximum Gasteiger partial charge on any atom is 0.263 e. The van der Waals surface area contributed by atoms with Crippen molar-refractivity contribution in [2.45, 2.75) is 23.7 Å². The fraction of sp³-hybridized carbons (Fsp3) is 0.188. The van der Waals surface area contributed by atoms with Gasteiger partial charge in [0.2, 0.25) is 0 Å². The zero-order valence-corrected chi connectivity index (χ0v) is 14.4. The molecule has 2 heterocycles. The molecule has 1 aliphatic carbocycles. The van der Waals surface area contributed by atoms with E-state index in [4.69, 9.17) is 0 Å². The predicted octanol–water partition coefficient (Wildman–Crippen LogP) is 4.09. The number of hydrogen-bond acceptors (Lipinski definition) is 4. The van der Waals surface area contributed by atoms with E-state index in [-0.39, 0.29) is 10.8 Å². The lowest BCUT2D eigenvalue weighted by Gasteiger charge is -2.10. The van der Waals surface area contributed by atoms with Gasteiger partial charge >= 0.3 is 0 Å². The summed E-state index contributed by atoms with van der Waals surface area (Å²) in [5.41, 5.74) is 0.429. The molecule has 0 saturated heterocycles. The number of halogens is 2. The zero-order chi connectivity index (χ0) is 17.6. The van der Waals surface area contributed by atoms with Crippen LogP contribution in [0.1, 0.15) is 24.3 Å². The summed E-state index contributed by atoms with van der Waals surface area (Å²) >= 11 is 1.35. The molecule has 5 nitrogen and oxygen atoms in total. The highest BCUT2D eigenvalue weighted by atomic mass is 32.2. The van der Waals surface area contributed by atoms with Crippen LogP contribution in [0.15, 0.2) is 40.9 Å². The SMILES string of the molecule is O=S(=O)(Nc1cc(F)c(C2CC2)cc1F)c1c[nH]c(-c2nccs2)c1. The first-order valence-corrected chi connectivity index (χ1v) is 9.90. The lowest BCUT2D eigenvalue weighted by molar-refractivity contribution is 0.586. The Kier molecular flexibility index (Phi) is 3.84. The van der Waals surface area contributed by atoms with Crippen molar-refractivity contribution in [3.63, 3.8) is 0 Å². The minimum Gasteiger partial charge on any atom is -0.358 e. The third-order valence-electron chi connectivity index (χ3n) is 3.98. The molecule has 0 radical (unpaired) electrons. The van der Waals surface area contributed by atoms with Gasteiger partial charge in [-0.05, 0) is 36.5 Å². The molecule has 1 aromatic carbocycles. The minimum atomic E-state index is -4.05. The average molecular weight is 381 g/mol. The van der Waals surface area contributed by atoms with Crippen LogP contribution in [0.2, 0.25) is 0 Å². The highest BCUT2D eigenvalue weighted by Crippen LogP contribution is 2.42. The Morgan fingerprint density at radius 3 is 2.68 bits per heavy atom. The maximum absolute atomic E-state index is 14.2. The van der Waals surface area contributed by atoms with E-state index < -0.39 is 27.3 Å². The van der Waals surface area contributed by atoms with Gasteiger partial charge in [0.15, 0.2) is 0 Å². The van der Waals surface area contributed by atoms with Gasteiger partial charge in [-0.3, -0.25) is 4.72 Å². The van der Waals surface area contributed by atoms with Crippen molar-refractivity contribution >= 4 is 27.0 Å². The Bertz CT molecular complexity index is 1030. The number of anilines is 1. The third kappa shape index (κ3) is 3.16. The lowest BCUT2D eigenvalue weighted by Crippen LogP contribution is -2.14. The molecule has 2 N–H and O–H groups in total. The Morgan fingerprint density at radius 1 is 1.20 bits per heavy atom. The van der Waals surface area contributed by atoms with Crippen LogP contribution in [-0.2, 0) is 10.0 Å². The molecule has 4 rings (SSSR count). The number of benzene rings is 1. The van der Waals surface area contributed by atoms with Crippen LogP contribution in [0.3, 0.4) is 0 Å². The van der Waals surface area contributed by atoms with Crippen LogP contribution < -0.4 is 4.72 Å². The summed E-state index contributed by atoms with van der Waals surface area (Å²) in [7, 11) is -4.05. The summed E-state index contributed by atoms with van der Waals surface area (Å²) in [5, 5.41) is 2.40. The molecule has 3 aromatic rings. The molecule has 0 unspecified atom stereocenters. The van der Waals surface area contributed by atoms with E-state index in [1.807, 2.05) is 0 Å². The maximum atomic E-state index is 14.2. The predicted molar refractivity (Wildman–Crippen MR) is 91.0 cm³/mol. The molecule has 25 heavy (non-hydrogen) atoms. The van der Waals surface area contributed by atoms with Gasteiger partial charge in [0.05, 0.1) is 11.4 Å². The number of sulfonamides is 1. The summed E-state index contributed by atoms with van der Waals surface area (Å²) in [6.45, 7) is 0. The van der Waals surface area contributed by atoms with Crippen molar-refractivity contribution in [3.8, 4) is 10.7 Å². The Hall–Kier alpha value is -2.26. The number of rotatable bonds is 5. The van der Waals surface area contributed by atoms with Gasteiger partial charge in [-0.2, -0.15) is 0 Å². The van der Waals surface area contributed by atoms with E-state index in [2.05, 4.69) is 14.7 Å². The first-order chi connectivity index (χ1) is 11.9. The van der Waals surface area contributed by atoms with Crippen LogP contribution in [0.4, 0.5) is 14.5 Å². The van der Waals surface area contributed by atoms with Crippen molar-refractivity contribution in [1.82, 2.24) is 9.97 Å². The Labute approximate surface area is 146 Å². The number of aromatic amines is 1. The molecule has 1 saturated carbocycles. The number of nitrogens with zero attached hydrogens (tertiary/aromatic N) is 1. The smallest absolute Gasteiger partial charge is 0.263 e. The summed E-state index contributed by atoms with van der Waals surface area (Å²) in [6, 6.07) is 3.37. The van der Waals surface area contributed by atoms with E-state index in [0.29, 0.717) is 16.3 Å². The third-order valence-corrected chi connectivity index (χ3v) is 6.13. The van der Waals surface area contributed by atoms with E-state index in [0.717, 1.165) is 25.0 Å². The second-order valence-corrected chi connectivity index (χ2v) is 8.40. The van der Waals surface area contributed by atoms with Crippen molar-refractivity contribution in [3.05, 3.63) is 53.2 Å². The Morgan fingerprint density at radius 2 is 2.00 bits per heavy atom. The van der Waals surface area contributed by atoms with E-state index in [1.54, 1.807) is 11.6 Å². The molecule has 0 spiro atoms. The van der Waals surface area contributed by atoms with Gasteiger partial charge in [-0.15, -0.1) is 11.3 Å². The van der Waals surface area contributed by atoms with Crippen LogP contribution >= 0.6 is 11.3 Å². The van der Waals surface area contributed by atoms with Crippen molar-refractivity contribution in [2.24, 2.45) is 0 Å².